The predicted octanol–water partition coefficient (Wildman–Crippen LogP) is 4.63. The molecule has 1 saturated heterocycles. The molecule has 170 valence electrons. The van der Waals surface area contributed by atoms with Crippen molar-refractivity contribution in [3.8, 4) is 11.5 Å². The lowest BCUT2D eigenvalue weighted by Gasteiger charge is -2.22. The second kappa shape index (κ2) is 10.5. The van der Waals surface area contributed by atoms with E-state index < -0.39 is 5.97 Å². The van der Waals surface area contributed by atoms with Gasteiger partial charge >= 0.3 is 5.97 Å². The maximum absolute atomic E-state index is 12.1. The number of aromatic nitrogens is 1. The van der Waals surface area contributed by atoms with E-state index in [9.17, 15) is 4.79 Å². The fourth-order valence-corrected chi connectivity index (χ4v) is 3.93. The minimum absolute atomic E-state index is 0.150. The first-order valence-electron chi connectivity index (χ1n) is 10.9. The van der Waals surface area contributed by atoms with Gasteiger partial charge in [0.05, 0.1) is 26.3 Å². The minimum Gasteiger partial charge on any atom is -0.491 e. The van der Waals surface area contributed by atoms with Gasteiger partial charge in [0.2, 0.25) is 0 Å². The number of carbonyl (C=O) groups excluding carboxylic acids is 1. The molecule has 1 unspecified atom stereocenters. The highest BCUT2D eigenvalue weighted by atomic mass is 16.7. The minimum atomic E-state index is -0.437. The second-order valence-electron chi connectivity index (χ2n) is 7.72. The van der Waals surface area contributed by atoms with Crippen molar-refractivity contribution in [3.05, 3.63) is 59.3 Å². The maximum atomic E-state index is 12.1. The lowest BCUT2D eigenvalue weighted by molar-refractivity contribution is -0.161. The van der Waals surface area contributed by atoms with E-state index in [0.717, 1.165) is 42.4 Å². The quantitative estimate of drug-likeness (QED) is 0.490. The molecular formula is C25H29NO6. The number of methoxy groups -OCH3 is 2. The Balaban J connectivity index is 1.62. The number of nitrogens with one attached hydrogen (secondary N) is 1. The molecule has 2 aromatic carbocycles. The second-order valence-corrected chi connectivity index (χ2v) is 7.72. The van der Waals surface area contributed by atoms with Crippen LogP contribution in [0.25, 0.3) is 10.9 Å². The molecule has 0 bridgehead atoms. The highest BCUT2D eigenvalue weighted by Crippen LogP contribution is 2.39. The molecule has 0 radical (unpaired) electrons. The van der Waals surface area contributed by atoms with E-state index in [1.54, 1.807) is 13.2 Å². The highest BCUT2D eigenvalue weighted by molar-refractivity contribution is 5.99. The number of H-pyrrole nitrogens is 1. The maximum Gasteiger partial charge on any atom is 0.354 e. The number of hydrogen-bond donors (Lipinski definition) is 1. The number of benzene rings is 2. The fourth-order valence-electron chi connectivity index (χ4n) is 3.93. The summed E-state index contributed by atoms with van der Waals surface area (Å²) in [6, 6.07) is 13.7. The third-order valence-electron chi connectivity index (χ3n) is 5.58. The first-order chi connectivity index (χ1) is 15.7. The summed E-state index contributed by atoms with van der Waals surface area (Å²) in [6.45, 7) is 1.65. The lowest BCUT2D eigenvalue weighted by Crippen LogP contribution is -2.23. The van der Waals surface area contributed by atoms with E-state index in [0.29, 0.717) is 42.3 Å². The summed E-state index contributed by atoms with van der Waals surface area (Å²) in [7, 11) is 2.95. The molecule has 2 heterocycles. The zero-order chi connectivity index (χ0) is 22.3. The molecule has 1 fully saturated rings. The third-order valence-corrected chi connectivity index (χ3v) is 5.58. The van der Waals surface area contributed by atoms with E-state index in [4.69, 9.17) is 23.7 Å². The molecule has 4 rings (SSSR count). The zero-order valence-corrected chi connectivity index (χ0v) is 18.5. The molecule has 7 heteroatoms. The molecule has 0 aliphatic carbocycles. The van der Waals surface area contributed by atoms with Crippen LogP contribution in [0, 0.1) is 0 Å². The monoisotopic (exact) mass is 439 g/mol. The molecular weight excluding hydrogens is 410 g/mol. The van der Waals surface area contributed by atoms with Gasteiger partial charge in [0.15, 0.2) is 17.8 Å². The number of hydrogen-bond acceptors (Lipinski definition) is 6. The van der Waals surface area contributed by atoms with E-state index >= 15 is 0 Å². The van der Waals surface area contributed by atoms with Crippen LogP contribution in [-0.4, -0.2) is 44.7 Å². The molecule has 0 amide bonds. The van der Waals surface area contributed by atoms with Crippen LogP contribution in [0.2, 0.25) is 0 Å². The van der Waals surface area contributed by atoms with Crippen molar-refractivity contribution in [3.63, 3.8) is 0 Å². The molecule has 7 nitrogen and oxygen atoms in total. The number of aromatic amines is 1. The molecule has 1 atom stereocenters. The summed E-state index contributed by atoms with van der Waals surface area (Å²) in [5.74, 6) is 0.713. The lowest BCUT2D eigenvalue weighted by atomic mass is 10.1. The van der Waals surface area contributed by atoms with Gasteiger partial charge in [-0.15, -0.1) is 0 Å². The third kappa shape index (κ3) is 5.06. The Morgan fingerprint density at radius 3 is 2.72 bits per heavy atom. The van der Waals surface area contributed by atoms with Crippen molar-refractivity contribution in [2.45, 2.75) is 38.6 Å². The SMILES string of the molecule is COC(=O)c1cc2c(CCOC3CCCCO3)cc(OCc3ccccc3)c(OC)c2[nH]1. The average molecular weight is 440 g/mol. The van der Waals surface area contributed by atoms with Gasteiger partial charge in [0, 0.05) is 12.0 Å². The number of fused-ring (bicyclic) bond motifs is 1. The topological polar surface area (TPSA) is 79.0 Å². The van der Waals surface area contributed by atoms with Crippen LogP contribution in [-0.2, 0) is 27.2 Å². The standard InChI is InChI=1S/C25H29NO6/c1-28-24-21(32-16-17-8-4-3-5-9-17)14-18(11-13-31-22-10-6-7-12-30-22)19-15-20(25(27)29-2)26-23(19)24/h3-5,8-9,14-15,22,26H,6-7,10-13,16H2,1-2H3. The van der Waals surface area contributed by atoms with Gasteiger partial charge in [0.25, 0.3) is 0 Å². The van der Waals surface area contributed by atoms with Crippen LogP contribution in [0.5, 0.6) is 11.5 Å². The average Bonchev–Trinajstić information content (AvgIpc) is 3.29. The number of carbonyl (C=O) groups is 1. The first-order valence-corrected chi connectivity index (χ1v) is 10.9. The number of ether oxygens (including phenoxy) is 5. The summed E-state index contributed by atoms with van der Waals surface area (Å²) in [5, 5.41) is 0.877. The van der Waals surface area contributed by atoms with Gasteiger partial charge in [-0.05, 0) is 48.9 Å². The molecule has 3 aromatic rings. The summed E-state index contributed by atoms with van der Waals surface area (Å²) >= 11 is 0. The van der Waals surface area contributed by atoms with Gasteiger partial charge in [-0.1, -0.05) is 30.3 Å². The van der Waals surface area contributed by atoms with Crippen LogP contribution in [0.4, 0.5) is 0 Å². The van der Waals surface area contributed by atoms with Crippen LogP contribution in [0.1, 0.15) is 40.9 Å². The van der Waals surface area contributed by atoms with Crippen molar-refractivity contribution in [1.29, 1.82) is 0 Å². The van der Waals surface area contributed by atoms with Gasteiger partial charge in [-0.3, -0.25) is 0 Å². The van der Waals surface area contributed by atoms with Crippen molar-refractivity contribution < 1.29 is 28.5 Å². The van der Waals surface area contributed by atoms with E-state index in [2.05, 4.69) is 4.98 Å². The van der Waals surface area contributed by atoms with Gasteiger partial charge in [-0.2, -0.15) is 0 Å². The van der Waals surface area contributed by atoms with E-state index in [1.807, 2.05) is 36.4 Å². The number of rotatable bonds is 9. The van der Waals surface area contributed by atoms with Gasteiger partial charge < -0.3 is 28.7 Å². The summed E-state index contributed by atoms with van der Waals surface area (Å²) in [4.78, 5) is 15.3. The molecule has 1 aliphatic rings. The smallest absolute Gasteiger partial charge is 0.354 e. The van der Waals surface area contributed by atoms with Crippen LogP contribution < -0.4 is 9.47 Å². The predicted molar refractivity (Wildman–Crippen MR) is 120 cm³/mol. The summed E-state index contributed by atoms with van der Waals surface area (Å²) < 4.78 is 28.3. The highest BCUT2D eigenvalue weighted by Gasteiger charge is 2.20. The Labute approximate surface area is 187 Å². The Bertz CT molecular complexity index is 1040. The van der Waals surface area contributed by atoms with Gasteiger partial charge in [0.1, 0.15) is 12.3 Å². The Morgan fingerprint density at radius 2 is 2.00 bits per heavy atom. The molecule has 0 spiro atoms. The first kappa shape index (κ1) is 22.2. The Morgan fingerprint density at radius 1 is 1.16 bits per heavy atom. The fraction of sp³-hybridized carbons (Fsp3) is 0.400. The van der Waals surface area contributed by atoms with E-state index in [-0.39, 0.29) is 6.29 Å². The van der Waals surface area contributed by atoms with Crippen LogP contribution in [0.3, 0.4) is 0 Å². The van der Waals surface area contributed by atoms with E-state index in [1.165, 1.54) is 7.11 Å². The van der Waals surface area contributed by atoms with Crippen LogP contribution >= 0.6 is 0 Å². The van der Waals surface area contributed by atoms with Crippen molar-refractivity contribution in [2.24, 2.45) is 0 Å². The molecule has 0 saturated carbocycles. The normalized spacial score (nSPS) is 16.1. The molecule has 1 aromatic heterocycles. The van der Waals surface area contributed by atoms with Crippen LogP contribution in [0.15, 0.2) is 42.5 Å². The summed E-state index contributed by atoms with van der Waals surface area (Å²) in [5.41, 5.74) is 3.10. The largest absolute Gasteiger partial charge is 0.491 e. The Hall–Kier alpha value is -3.03. The molecule has 32 heavy (non-hydrogen) atoms. The van der Waals surface area contributed by atoms with Gasteiger partial charge in [-0.25, -0.2) is 4.79 Å². The Kier molecular flexibility index (Phi) is 7.29. The van der Waals surface area contributed by atoms with Crippen molar-refractivity contribution in [2.75, 3.05) is 27.4 Å². The zero-order valence-electron chi connectivity index (χ0n) is 18.5. The van der Waals surface area contributed by atoms with Crippen molar-refractivity contribution >= 4 is 16.9 Å². The summed E-state index contributed by atoms with van der Waals surface area (Å²) in [6.07, 6.45) is 3.61. The van der Waals surface area contributed by atoms with Crippen molar-refractivity contribution in [1.82, 2.24) is 4.98 Å². The molecule has 1 aliphatic heterocycles. The number of esters is 1. The molecule has 1 N–H and O–H groups in total.